The van der Waals surface area contributed by atoms with E-state index in [1.807, 2.05) is 20.8 Å². The molecule has 0 fully saturated rings. The van der Waals surface area contributed by atoms with E-state index in [2.05, 4.69) is 0 Å². The SMILES string of the molecule is CC(C)(C)OCCOCCC(=N)N. The molecule has 3 N–H and O–H groups in total. The first-order chi connectivity index (χ1) is 5.92. The quantitative estimate of drug-likeness (QED) is 0.373. The summed E-state index contributed by atoms with van der Waals surface area (Å²) in [6.45, 7) is 7.66. The van der Waals surface area contributed by atoms with Crippen molar-refractivity contribution in [3.63, 3.8) is 0 Å². The maximum absolute atomic E-state index is 6.94. The lowest BCUT2D eigenvalue weighted by atomic mass is 10.2. The van der Waals surface area contributed by atoms with Crippen molar-refractivity contribution in [1.82, 2.24) is 0 Å². The van der Waals surface area contributed by atoms with Crippen molar-refractivity contribution in [3.05, 3.63) is 0 Å². The third kappa shape index (κ3) is 11.4. The molecule has 0 aliphatic rings. The van der Waals surface area contributed by atoms with Crippen LogP contribution in [0.15, 0.2) is 0 Å². The molecule has 0 saturated heterocycles. The van der Waals surface area contributed by atoms with Crippen molar-refractivity contribution in [2.45, 2.75) is 32.8 Å². The van der Waals surface area contributed by atoms with Crippen LogP contribution in [0.3, 0.4) is 0 Å². The summed E-state index contributed by atoms with van der Waals surface area (Å²) in [4.78, 5) is 0. The van der Waals surface area contributed by atoms with Gasteiger partial charge in [0, 0.05) is 6.42 Å². The number of hydrogen-bond acceptors (Lipinski definition) is 3. The number of ether oxygens (including phenoxy) is 2. The fourth-order valence-corrected chi connectivity index (χ4v) is 0.691. The van der Waals surface area contributed by atoms with Gasteiger partial charge in [-0.25, -0.2) is 0 Å². The van der Waals surface area contributed by atoms with Gasteiger partial charge in [-0.1, -0.05) is 0 Å². The molecule has 0 aromatic heterocycles. The van der Waals surface area contributed by atoms with Gasteiger partial charge in [0.1, 0.15) is 0 Å². The lowest BCUT2D eigenvalue weighted by molar-refractivity contribution is -0.0339. The molecule has 4 heteroatoms. The van der Waals surface area contributed by atoms with Gasteiger partial charge in [0.05, 0.1) is 31.3 Å². The largest absolute Gasteiger partial charge is 0.388 e. The van der Waals surface area contributed by atoms with Crippen molar-refractivity contribution in [3.8, 4) is 0 Å². The first kappa shape index (κ1) is 12.4. The van der Waals surface area contributed by atoms with E-state index in [4.69, 9.17) is 20.6 Å². The maximum Gasteiger partial charge on any atom is 0.0928 e. The summed E-state index contributed by atoms with van der Waals surface area (Å²) < 4.78 is 10.6. The maximum atomic E-state index is 6.94. The predicted molar refractivity (Wildman–Crippen MR) is 53.1 cm³/mol. The van der Waals surface area contributed by atoms with Gasteiger partial charge in [-0.15, -0.1) is 0 Å². The summed E-state index contributed by atoms with van der Waals surface area (Å²) in [5, 5.41) is 6.94. The molecular weight excluding hydrogens is 168 g/mol. The smallest absolute Gasteiger partial charge is 0.0928 e. The second-order valence-electron chi connectivity index (χ2n) is 3.85. The first-order valence-corrected chi connectivity index (χ1v) is 4.46. The van der Waals surface area contributed by atoms with Crippen molar-refractivity contribution < 1.29 is 9.47 Å². The van der Waals surface area contributed by atoms with E-state index in [1.54, 1.807) is 0 Å². The van der Waals surface area contributed by atoms with E-state index in [0.717, 1.165) is 0 Å². The Bertz CT molecular complexity index is 152. The Morgan fingerprint density at radius 3 is 2.31 bits per heavy atom. The Morgan fingerprint density at radius 1 is 1.23 bits per heavy atom. The second kappa shape index (κ2) is 5.94. The van der Waals surface area contributed by atoms with Crippen LogP contribution in [0.25, 0.3) is 0 Å². The summed E-state index contributed by atoms with van der Waals surface area (Å²) in [6.07, 6.45) is 0.496. The van der Waals surface area contributed by atoms with E-state index in [0.29, 0.717) is 26.2 Å². The van der Waals surface area contributed by atoms with Crippen LogP contribution in [0.1, 0.15) is 27.2 Å². The molecule has 0 heterocycles. The number of rotatable bonds is 6. The molecule has 4 nitrogen and oxygen atoms in total. The second-order valence-corrected chi connectivity index (χ2v) is 3.85. The Kier molecular flexibility index (Phi) is 5.66. The normalized spacial score (nSPS) is 11.6. The zero-order valence-electron chi connectivity index (χ0n) is 8.72. The Labute approximate surface area is 79.9 Å². The predicted octanol–water partition coefficient (Wildman–Crippen LogP) is 1.14. The highest BCUT2D eigenvalue weighted by Crippen LogP contribution is 2.05. The van der Waals surface area contributed by atoms with Crippen LogP contribution in [0.5, 0.6) is 0 Å². The molecule has 0 radical (unpaired) electrons. The third-order valence-electron chi connectivity index (χ3n) is 1.28. The molecule has 0 aliphatic carbocycles. The van der Waals surface area contributed by atoms with Crippen LogP contribution in [0, 0.1) is 5.41 Å². The van der Waals surface area contributed by atoms with Crippen molar-refractivity contribution >= 4 is 5.84 Å². The Hall–Kier alpha value is -0.610. The van der Waals surface area contributed by atoms with Gasteiger partial charge in [-0.2, -0.15) is 0 Å². The van der Waals surface area contributed by atoms with Gasteiger partial charge < -0.3 is 15.2 Å². The highest BCUT2D eigenvalue weighted by atomic mass is 16.5. The molecule has 13 heavy (non-hydrogen) atoms. The minimum absolute atomic E-state index is 0.107. The molecule has 0 saturated carbocycles. The number of nitrogens with two attached hydrogens (primary N) is 1. The number of hydrogen-bond donors (Lipinski definition) is 2. The lowest BCUT2D eigenvalue weighted by Crippen LogP contribution is -2.22. The van der Waals surface area contributed by atoms with Crippen molar-refractivity contribution in [1.29, 1.82) is 5.41 Å². The van der Waals surface area contributed by atoms with E-state index in [-0.39, 0.29) is 11.4 Å². The fourth-order valence-electron chi connectivity index (χ4n) is 0.691. The molecule has 0 aromatic carbocycles. The van der Waals surface area contributed by atoms with E-state index in [9.17, 15) is 0 Å². The van der Waals surface area contributed by atoms with Gasteiger partial charge >= 0.3 is 0 Å². The molecule has 0 bridgehead atoms. The molecule has 0 amide bonds. The average molecular weight is 188 g/mol. The van der Waals surface area contributed by atoms with E-state index < -0.39 is 0 Å². The fraction of sp³-hybridized carbons (Fsp3) is 0.889. The van der Waals surface area contributed by atoms with Gasteiger partial charge in [-0.05, 0) is 20.8 Å². The zero-order chi connectivity index (χ0) is 10.3. The topological polar surface area (TPSA) is 68.3 Å². The molecule has 0 aliphatic heterocycles. The van der Waals surface area contributed by atoms with Crippen LogP contribution in [0.4, 0.5) is 0 Å². The molecule has 0 spiro atoms. The van der Waals surface area contributed by atoms with Crippen LogP contribution >= 0.6 is 0 Å². The van der Waals surface area contributed by atoms with Gasteiger partial charge in [-0.3, -0.25) is 5.41 Å². The first-order valence-electron chi connectivity index (χ1n) is 4.46. The molecule has 78 valence electrons. The molecule has 0 rings (SSSR count). The molecular formula is C9H20N2O2. The Balaban J connectivity index is 3.13. The molecule has 0 aromatic rings. The highest BCUT2D eigenvalue weighted by molar-refractivity contribution is 5.76. The summed E-state index contributed by atoms with van der Waals surface area (Å²) in [6, 6.07) is 0. The number of amidine groups is 1. The van der Waals surface area contributed by atoms with E-state index >= 15 is 0 Å². The zero-order valence-corrected chi connectivity index (χ0v) is 8.72. The van der Waals surface area contributed by atoms with Crippen LogP contribution in [0.2, 0.25) is 0 Å². The minimum atomic E-state index is -0.107. The van der Waals surface area contributed by atoms with Crippen LogP contribution in [-0.4, -0.2) is 31.3 Å². The summed E-state index contributed by atoms with van der Waals surface area (Å²) in [5.41, 5.74) is 5.04. The summed E-state index contributed by atoms with van der Waals surface area (Å²) >= 11 is 0. The average Bonchev–Trinajstić information content (AvgIpc) is 1.93. The highest BCUT2D eigenvalue weighted by Gasteiger charge is 2.08. The molecule has 0 unspecified atom stereocenters. The van der Waals surface area contributed by atoms with E-state index in [1.165, 1.54) is 0 Å². The number of nitrogens with one attached hydrogen (secondary N) is 1. The van der Waals surface area contributed by atoms with Gasteiger partial charge in [0.25, 0.3) is 0 Å². The third-order valence-corrected chi connectivity index (χ3v) is 1.28. The minimum Gasteiger partial charge on any atom is -0.388 e. The summed E-state index contributed by atoms with van der Waals surface area (Å²) in [5.74, 6) is 0.164. The summed E-state index contributed by atoms with van der Waals surface area (Å²) in [7, 11) is 0. The van der Waals surface area contributed by atoms with Gasteiger partial charge in [0.15, 0.2) is 0 Å². The van der Waals surface area contributed by atoms with Crippen molar-refractivity contribution in [2.24, 2.45) is 5.73 Å². The standard InChI is InChI=1S/C9H20N2O2/c1-9(2,3)13-7-6-12-5-4-8(10)11/h4-7H2,1-3H3,(H3,10,11). The molecule has 0 atom stereocenters. The van der Waals surface area contributed by atoms with Crippen molar-refractivity contribution in [2.75, 3.05) is 19.8 Å². The van der Waals surface area contributed by atoms with Crippen LogP contribution in [-0.2, 0) is 9.47 Å². The Morgan fingerprint density at radius 2 is 1.85 bits per heavy atom. The monoisotopic (exact) mass is 188 g/mol. The van der Waals surface area contributed by atoms with Crippen LogP contribution < -0.4 is 5.73 Å². The van der Waals surface area contributed by atoms with Gasteiger partial charge in [0.2, 0.25) is 0 Å². The lowest BCUT2D eigenvalue weighted by Gasteiger charge is -2.19.